The summed E-state index contributed by atoms with van der Waals surface area (Å²) >= 11 is 0. The number of aryl methyl sites for hydroxylation is 4. The van der Waals surface area contributed by atoms with Crippen LogP contribution in [0.15, 0.2) is 33.1 Å². The highest BCUT2D eigenvalue weighted by molar-refractivity contribution is 5.72. The number of rotatable bonds is 4. The van der Waals surface area contributed by atoms with Gasteiger partial charge in [0.15, 0.2) is 0 Å². The van der Waals surface area contributed by atoms with Gasteiger partial charge >= 0.3 is 0 Å². The number of fused-ring (bicyclic) bond motifs is 1. The summed E-state index contributed by atoms with van der Waals surface area (Å²) in [5, 5.41) is 0. The fourth-order valence-corrected chi connectivity index (χ4v) is 3.56. The van der Waals surface area contributed by atoms with Gasteiger partial charge in [0.05, 0.1) is 35.9 Å². The van der Waals surface area contributed by atoms with E-state index < -0.39 is 0 Å². The Hall–Kier alpha value is -2.76. The number of para-hydroxylation sites is 2. The quantitative estimate of drug-likeness (QED) is 0.686. The van der Waals surface area contributed by atoms with Crippen LogP contribution in [0.1, 0.15) is 41.1 Å². The summed E-state index contributed by atoms with van der Waals surface area (Å²) in [6.45, 7) is 11.2. The molecule has 27 heavy (non-hydrogen) atoms. The second kappa shape index (κ2) is 7.10. The molecule has 0 saturated carbocycles. The first-order chi connectivity index (χ1) is 13.0. The van der Waals surface area contributed by atoms with Gasteiger partial charge in [0.25, 0.3) is 0 Å². The molecule has 1 aromatic carbocycles. The van der Waals surface area contributed by atoms with Gasteiger partial charge in [-0.15, -0.1) is 0 Å². The number of benzene rings is 1. The van der Waals surface area contributed by atoms with Crippen molar-refractivity contribution in [3.8, 4) is 0 Å². The Morgan fingerprint density at radius 2 is 1.22 bits per heavy atom. The zero-order chi connectivity index (χ0) is 19.0. The Morgan fingerprint density at radius 3 is 1.59 bits per heavy atom. The summed E-state index contributed by atoms with van der Waals surface area (Å²) in [5.41, 5.74) is 4.32. The van der Waals surface area contributed by atoms with Crippen molar-refractivity contribution in [2.75, 3.05) is 22.9 Å². The SMILES string of the molecule is Cc1nc(CN2CCCN(Cc3nc(C)c(C)o3)c3ccccc32)oc1C. The van der Waals surface area contributed by atoms with Gasteiger partial charge < -0.3 is 18.6 Å². The average Bonchev–Trinajstić information content (AvgIpc) is 3.06. The van der Waals surface area contributed by atoms with E-state index in [9.17, 15) is 0 Å². The first-order valence-electron chi connectivity index (χ1n) is 9.46. The largest absolute Gasteiger partial charge is 0.444 e. The molecule has 4 rings (SSSR count). The minimum absolute atomic E-state index is 0.677. The Kier molecular flexibility index (Phi) is 4.64. The zero-order valence-corrected chi connectivity index (χ0v) is 16.5. The van der Waals surface area contributed by atoms with E-state index in [0.717, 1.165) is 54.2 Å². The average molecular weight is 366 g/mol. The van der Waals surface area contributed by atoms with Gasteiger partial charge in [-0.25, -0.2) is 9.97 Å². The fraction of sp³-hybridized carbons (Fsp3) is 0.429. The Balaban J connectivity index is 1.61. The number of anilines is 2. The molecule has 1 aliphatic rings. The predicted molar refractivity (Wildman–Crippen MR) is 105 cm³/mol. The van der Waals surface area contributed by atoms with Gasteiger partial charge in [-0.1, -0.05) is 12.1 Å². The van der Waals surface area contributed by atoms with E-state index in [0.29, 0.717) is 13.1 Å². The molecule has 142 valence electrons. The number of aromatic nitrogens is 2. The standard InChI is InChI=1S/C21H26N4O2/c1-14-16(3)26-20(22-14)12-24-10-7-11-25(19-9-6-5-8-18(19)24)13-21-23-15(2)17(4)27-21/h5-6,8-9H,7,10-13H2,1-4H3. The summed E-state index contributed by atoms with van der Waals surface area (Å²) in [6, 6.07) is 8.51. The summed E-state index contributed by atoms with van der Waals surface area (Å²) in [5.74, 6) is 3.33. The molecule has 2 aromatic heterocycles. The van der Waals surface area contributed by atoms with Crippen molar-refractivity contribution in [1.82, 2.24) is 9.97 Å². The molecule has 0 saturated heterocycles. The van der Waals surface area contributed by atoms with Crippen LogP contribution >= 0.6 is 0 Å². The Bertz CT molecular complexity index is 829. The van der Waals surface area contributed by atoms with Gasteiger partial charge in [-0.2, -0.15) is 0 Å². The third-order valence-corrected chi connectivity index (χ3v) is 5.22. The zero-order valence-electron chi connectivity index (χ0n) is 16.5. The summed E-state index contributed by atoms with van der Waals surface area (Å²) in [7, 11) is 0. The molecule has 0 atom stereocenters. The molecule has 0 N–H and O–H groups in total. The van der Waals surface area contributed by atoms with Gasteiger partial charge in [-0.05, 0) is 46.2 Å². The molecule has 3 heterocycles. The highest BCUT2D eigenvalue weighted by Crippen LogP contribution is 2.34. The van der Waals surface area contributed by atoms with Crippen LogP contribution in [-0.4, -0.2) is 23.1 Å². The van der Waals surface area contributed by atoms with Crippen LogP contribution in [0.4, 0.5) is 11.4 Å². The lowest BCUT2D eigenvalue weighted by Gasteiger charge is -2.26. The highest BCUT2D eigenvalue weighted by Gasteiger charge is 2.23. The molecular weight excluding hydrogens is 340 g/mol. The van der Waals surface area contributed by atoms with Crippen molar-refractivity contribution < 1.29 is 8.83 Å². The van der Waals surface area contributed by atoms with Gasteiger partial charge in [0.2, 0.25) is 11.8 Å². The summed E-state index contributed by atoms with van der Waals surface area (Å²) in [6.07, 6.45) is 1.05. The lowest BCUT2D eigenvalue weighted by Crippen LogP contribution is -2.23. The molecule has 6 nitrogen and oxygen atoms in total. The van der Waals surface area contributed by atoms with Crippen molar-refractivity contribution in [3.63, 3.8) is 0 Å². The van der Waals surface area contributed by atoms with E-state index in [1.165, 1.54) is 11.4 Å². The first-order valence-corrected chi connectivity index (χ1v) is 9.46. The van der Waals surface area contributed by atoms with Crippen LogP contribution in [0.5, 0.6) is 0 Å². The van der Waals surface area contributed by atoms with Crippen molar-refractivity contribution in [3.05, 3.63) is 59.0 Å². The van der Waals surface area contributed by atoms with Crippen LogP contribution in [0.2, 0.25) is 0 Å². The topological polar surface area (TPSA) is 58.5 Å². The normalized spacial score (nSPS) is 14.4. The smallest absolute Gasteiger partial charge is 0.214 e. The molecule has 0 spiro atoms. The van der Waals surface area contributed by atoms with Crippen molar-refractivity contribution >= 4 is 11.4 Å². The molecule has 0 aliphatic carbocycles. The first kappa shape index (κ1) is 17.6. The minimum atomic E-state index is 0.677. The maximum Gasteiger partial charge on any atom is 0.214 e. The van der Waals surface area contributed by atoms with E-state index >= 15 is 0 Å². The Morgan fingerprint density at radius 1 is 0.778 bits per heavy atom. The van der Waals surface area contributed by atoms with Crippen molar-refractivity contribution in [1.29, 1.82) is 0 Å². The molecule has 0 unspecified atom stereocenters. The molecule has 1 aliphatic heterocycles. The molecule has 6 heteroatoms. The van der Waals surface area contributed by atoms with Crippen LogP contribution < -0.4 is 9.80 Å². The van der Waals surface area contributed by atoms with Gasteiger partial charge in [0.1, 0.15) is 11.5 Å². The number of hydrogen-bond acceptors (Lipinski definition) is 6. The van der Waals surface area contributed by atoms with Crippen molar-refractivity contribution in [2.45, 2.75) is 47.2 Å². The van der Waals surface area contributed by atoms with Gasteiger partial charge in [-0.3, -0.25) is 0 Å². The maximum atomic E-state index is 5.82. The number of oxazole rings is 2. The molecule has 0 radical (unpaired) electrons. The summed E-state index contributed by atoms with van der Waals surface area (Å²) < 4.78 is 11.6. The molecule has 0 amide bonds. The highest BCUT2D eigenvalue weighted by atomic mass is 16.4. The van der Waals surface area contributed by atoms with Gasteiger partial charge in [0, 0.05) is 13.1 Å². The number of nitrogens with zero attached hydrogens (tertiary/aromatic N) is 4. The van der Waals surface area contributed by atoms with E-state index in [4.69, 9.17) is 8.83 Å². The van der Waals surface area contributed by atoms with Crippen LogP contribution in [-0.2, 0) is 13.1 Å². The fourth-order valence-electron chi connectivity index (χ4n) is 3.56. The maximum absolute atomic E-state index is 5.82. The molecular formula is C21H26N4O2. The minimum Gasteiger partial charge on any atom is -0.444 e. The lowest BCUT2D eigenvalue weighted by atomic mass is 10.2. The molecule has 0 fully saturated rings. The van der Waals surface area contributed by atoms with Crippen LogP contribution in [0.3, 0.4) is 0 Å². The third-order valence-electron chi connectivity index (χ3n) is 5.22. The monoisotopic (exact) mass is 366 g/mol. The van der Waals surface area contributed by atoms with Crippen molar-refractivity contribution in [2.24, 2.45) is 0 Å². The van der Waals surface area contributed by atoms with Crippen LogP contribution in [0.25, 0.3) is 0 Å². The Labute approximate surface area is 159 Å². The van der Waals surface area contributed by atoms with E-state index in [-0.39, 0.29) is 0 Å². The predicted octanol–water partition coefficient (Wildman–Crippen LogP) is 4.31. The van der Waals surface area contributed by atoms with Crippen LogP contribution in [0, 0.1) is 27.7 Å². The lowest BCUT2D eigenvalue weighted by molar-refractivity contribution is 0.462. The number of hydrogen-bond donors (Lipinski definition) is 0. The van der Waals surface area contributed by atoms with E-state index in [2.05, 4.69) is 44.0 Å². The second-order valence-electron chi connectivity index (χ2n) is 7.18. The molecule has 3 aromatic rings. The van der Waals surface area contributed by atoms with E-state index in [1.807, 2.05) is 27.7 Å². The van der Waals surface area contributed by atoms with E-state index in [1.54, 1.807) is 0 Å². The molecule has 0 bridgehead atoms. The third kappa shape index (κ3) is 3.56. The second-order valence-corrected chi connectivity index (χ2v) is 7.18. The summed E-state index contributed by atoms with van der Waals surface area (Å²) in [4.78, 5) is 13.8.